The average Bonchev–Trinajstić information content (AvgIpc) is 3.05. The van der Waals surface area contributed by atoms with Crippen molar-refractivity contribution >= 4 is 29.2 Å². The normalized spacial score (nSPS) is 19.2. The van der Waals surface area contributed by atoms with E-state index in [1.165, 1.54) is 12.1 Å². The van der Waals surface area contributed by atoms with E-state index in [0.29, 0.717) is 35.5 Å². The van der Waals surface area contributed by atoms with Crippen molar-refractivity contribution in [2.24, 2.45) is 0 Å². The summed E-state index contributed by atoms with van der Waals surface area (Å²) >= 11 is 11.8. The highest BCUT2D eigenvalue weighted by molar-refractivity contribution is 6.31. The third-order valence-corrected chi connectivity index (χ3v) is 5.25. The van der Waals surface area contributed by atoms with Crippen molar-refractivity contribution in [2.45, 2.75) is 31.1 Å². The van der Waals surface area contributed by atoms with Crippen molar-refractivity contribution in [1.29, 1.82) is 0 Å². The molecule has 8 heteroatoms. The molecule has 0 aliphatic carbocycles. The Morgan fingerprint density at radius 3 is 2.48 bits per heavy atom. The molecule has 3 nitrogen and oxygen atoms in total. The number of hydrogen-bond acceptors (Lipinski definition) is 2. The van der Waals surface area contributed by atoms with E-state index in [0.717, 1.165) is 6.07 Å². The summed E-state index contributed by atoms with van der Waals surface area (Å²) in [5.74, 6) is -0.996. The fraction of sp³-hybridized carbons (Fsp3) is 0.316. The highest BCUT2D eigenvalue weighted by Gasteiger charge is 2.39. The van der Waals surface area contributed by atoms with Crippen LogP contribution in [0, 0.1) is 0 Å². The molecule has 2 aromatic carbocycles. The Morgan fingerprint density at radius 1 is 1.15 bits per heavy atom. The van der Waals surface area contributed by atoms with Gasteiger partial charge < -0.3 is 5.11 Å². The Labute approximate surface area is 164 Å². The number of aliphatic carboxylic acids is 1. The quantitative estimate of drug-likeness (QED) is 0.698. The summed E-state index contributed by atoms with van der Waals surface area (Å²) in [6.45, 7) is 0.456. The Kier molecular flexibility index (Phi) is 5.70. The predicted molar refractivity (Wildman–Crippen MR) is 97.1 cm³/mol. The number of hydrogen-bond donors (Lipinski definition) is 1. The number of alkyl halides is 3. The lowest BCUT2D eigenvalue weighted by Gasteiger charge is -2.32. The first kappa shape index (κ1) is 20.0. The van der Waals surface area contributed by atoms with Crippen molar-refractivity contribution in [1.82, 2.24) is 4.90 Å². The molecule has 0 saturated carbocycles. The summed E-state index contributed by atoms with van der Waals surface area (Å²) < 4.78 is 40.0. The number of carboxylic acids is 1. The van der Waals surface area contributed by atoms with Gasteiger partial charge in [-0.25, -0.2) is 0 Å². The number of nitrogens with zero attached hydrogens (tertiary/aromatic N) is 1. The van der Waals surface area contributed by atoms with Crippen LogP contribution in [0.5, 0.6) is 0 Å². The zero-order chi connectivity index (χ0) is 19.8. The zero-order valence-electron chi connectivity index (χ0n) is 14.0. The largest absolute Gasteiger partial charge is 0.480 e. The molecular formula is C19H16Cl2F3NO2. The molecule has 27 heavy (non-hydrogen) atoms. The lowest BCUT2D eigenvalue weighted by atomic mass is 9.94. The lowest BCUT2D eigenvalue weighted by Crippen LogP contribution is -2.39. The van der Waals surface area contributed by atoms with Crippen LogP contribution in [-0.2, 0) is 11.0 Å². The third-order valence-electron chi connectivity index (χ3n) is 4.69. The Balaban J connectivity index is 2.15. The van der Waals surface area contributed by atoms with Crippen molar-refractivity contribution < 1.29 is 23.1 Å². The van der Waals surface area contributed by atoms with Gasteiger partial charge in [0.15, 0.2) is 0 Å². The zero-order valence-corrected chi connectivity index (χ0v) is 15.5. The van der Waals surface area contributed by atoms with Gasteiger partial charge in [0.2, 0.25) is 0 Å². The second-order valence-corrected chi connectivity index (χ2v) is 7.27. The fourth-order valence-corrected chi connectivity index (χ4v) is 3.97. The Bertz CT molecular complexity index is 857. The number of carboxylic acid groups (broad SMARTS) is 1. The maximum Gasteiger partial charge on any atom is 0.417 e. The maximum absolute atomic E-state index is 13.3. The van der Waals surface area contributed by atoms with Gasteiger partial charge in [0.25, 0.3) is 0 Å². The summed E-state index contributed by atoms with van der Waals surface area (Å²) in [6.07, 6.45) is -3.52. The first-order valence-corrected chi connectivity index (χ1v) is 9.04. The van der Waals surface area contributed by atoms with Gasteiger partial charge in [-0.15, -0.1) is 0 Å². The maximum atomic E-state index is 13.3. The summed E-state index contributed by atoms with van der Waals surface area (Å²) in [6, 6.07) is 8.96. The van der Waals surface area contributed by atoms with Crippen LogP contribution in [0.1, 0.15) is 35.6 Å². The number of rotatable bonds is 4. The van der Waals surface area contributed by atoms with Crippen molar-refractivity contribution in [3.63, 3.8) is 0 Å². The van der Waals surface area contributed by atoms with E-state index in [2.05, 4.69) is 0 Å². The highest BCUT2D eigenvalue weighted by atomic mass is 35.5. The van der Waals surface area contributed by atoms with Crippen LogP contribution >= 0.6 is 23.2 Å². The standard InChI is InChI=1S/C19H16Cl2F3NO2/c20-13-4-1-3-11(9-13)17(25-8-2-5-16(25)18(26)27)12-6-7-15(21)14(10-12)19(22,23)24/h1,3-4,6-7,9-10,16-17H,2,5,8H2,(H,26,27). The minimum atomic E-state index is -4.61. The van der Waals surface area contributed by atoms with Gasteiger partial charge in [-0.1, -0.05) is 41.4 Å². The molecule has 2 aromatic rings. The second kappa shape index (κ2) is 7.70. The van der Waals surface area contributed by atoms with Gasteiger partial charge in [-0.05, 0) is 48.2 Å². The van der Waals surface area contributed by atoms with Crippen LogP contribution in [0.2, 0.25) is 10.0 Å². The molecule has 2 atom stereocenters. The number of likely N-dealkylation sites (tertiary alicyclic amines) is 1. The smallest absolute Gasteiger partial charge is 0.417 e. The van der Waals surface area contributed by atoms with E-state index in [1.54, 1.807) is 29.2 Å². The monoisotopic (exact) mass is 417 g/mol. The van der Waals surface area contributed by atoms with E-state index < -0.39 is 34.8 Å². The SMILES string of the molecule is O=C(O)C1CCCN1C(c1cccc(Cl)c1)c1ccc(Cl)c(C(F)(F)F)c1. The molecule has 1 saturated heterocycles. The first-order chi connectivity index (χ1) is 12.7. The highest BCUT2D eigenvalue weighted by Crippen LogP contribution is 2.40. The molecule has 0 aromatic heterocycles. The lowest BCUT2D eigenvalue weighted by molar-refractivity contribution is -0.143. The van der Waals surface area contributed by atoms with E-state index in [-0.39, 0.29) is 0 Å². The molecule has 0 spiro atoms. The van der Waals surface area contributed by atoms with E-state index in [1.807, 2.05) is 0 Å². The number of benzene rings is 2. The Morgan fingerprint density at radius 2 is 1.85 bits per heavy atom. The molecule has 0 bridgehead atoms. The number of carbonyl (C=O) groups is 1. The van der Waals surface area contributed by atoms with Gasteiger partial charge in [0, 0.05) is 11.6 Å². The molecule has 1 fully saturated rings. The molecule has 1 N–H and O–H groups in total. The summed E-state index contributed by atoms with van der Waals surface area (Å²) in [5.41, 5.74) is 0.00741. The van der Waals surface area contributed by atoms with Crippen molar-refractivity contribution in [2.75, 3.05) is 6.54 Å². The molecule has 2 unspecified atom stereocenters. The first-order valence-electron chi connectivity index (χ1n) is 8.29. The van der Waals surface area contributed by atoms with Crippen LogP contribution in [0.25, 0.3) is 0 Å². The summed E-state index contributed by atoms with van der Waals surface area (Å²) in [4.78, 5) is 13.4. The molecule has 3 rings (SSSR count). The molecule has 1 aliphatic heterocycles. The van der Waals surface area contributed by atoms with Gasteiger partial charge in [0.05, 0.1) is 16.6 Å². The van der Waals surface area contributed by atoms with Gasteiger partial charge in [-0.3, -0.25) is 9.69 Å². The van der Waals surface area contributed by atoms with Crippen molar-refractivity contribution in [3.8, 4) is 0 Å². The summed E-state index contributed by atoms with van der Waals surface area (Å²) in [7, 11) is 0. The third kappa shape index (κ3) is 4.23. The van der Waals surface area contributed by atoms with Crippen LogP contribution in [-0.4, -0.2) is 28.6 Å². The van der Waals surface area contributed by atoms with E-state index in [4.69, 9.17) is 23.2 Å². The molecule has 144 valence electrons. The Hall–Kier alpha value is -1.76. The molecule has 0 amide bonds. The molecule has 1 aliphatic rings. The van der Waals surface area contributed by atoms with E-state index >= 15 is 0 Å². The van der Waals surface area contributed by atoms with Crippen LogP contribution in [0.15, 0.2) is 42.5 Å². The van der Waals surface area contributed by atoms with E-state index in [9.17, 15) is 23.1 Å². The van der Waals surface area contributed by atoms with Gasteiger partial charge >= 0.3 is 12.1 Å². The average molecular weight is 418 g/mol. The summed E-state index contributed by atoms with van der Waals surface area (Å²) in [5, 5.41) is 9.57. The predicted octanol–water partition coefficient (Wildman–Crippen LogP) is 5.65. The van der Waals surface area contributed by atoms with Gasteiger partial charge in [-0.2, -0.15) is 13.2 Å². The van der Waals surface area contributed by atoms with Crippen LogP contribution < -0.4 is 0 Å². The topological polar surface area (TPSA) is 40.5 Å². The van der Waals surface area contributed by atoms with Crippen LogP contribution in [0.3, 0.4) is 0 Å². The minimum Gasteiger partial charge on any atom is -0.480 e. The molecule has 1 heterocycles. The van der Waals surface area contributed by atoms with Gasteiger partial charge in [0.1, 0.15) is 6.04 Å². The minimum absolute atomic E-state index is 0.321. The van der Waals surface area contributed by atoms with Crippen molar-refractivity contribution in [3.05, 3.63) is 69.2 Å². The fourth-order valence-electron chi connectivity index (χ4n) is 3.55. The van der Waals surface area contributed by atoms with Crippen LogP contribution in [0.4, 0.5) is 13.2 Å². The molecular weight excluding hydrogens is 402 g/mol. The number of halogens is 5. The second-order valence-electron chi connectivity index (χ2n) is 6.43. The molecule has 0 radical (unpaired) electrons.